The first-order valence-electron chi connectivity index (χ1n) is 8.69. The van der Waals surface area contributed by atoms with E-state index in [1.165, 1.54) is 6.20 Å². The zero-order valence-electron chi connectivity index (χ0n) is 14.4. The molecule has 2 bridgehead atoms. The van der Waals surface area contributed by atoms with Crippen LogP contribution in [0.15, 0.2) is 36.5 Å². The molecule has 2 aromatic rings. The lowest BCUT2D eigenvalue weighted by atomic mass is 10.1. The quantitative estimate of drug-likeness (QED) is 0.841. The Bertz CT molecular complexity index is 823. The molecule has 146 valence electrons. The maximum absolute atomic E-state index is 12.9. The van der Waals surface area contributed by atoms with Crippen molar-refractivity contribution in [1.29, 1.82) is 0 Å². The van der Waals surface area contributed by atoms with Crippen LogP contribution in [0.4, 0.5) is 13.2 Å². The van der Waals surface area contributed by atoms with E-state index >= 15 is 0 Å². The van der Waals surface area contributed by atoms with E-state index in [2.05, 4.69) is 10.4 Å². The van der Waals surface area contributed by atoms with Gasteiger partial charge in [-0.25, -0.2) is 4.68 Å². The average molecular weight is 401 g/mol. The molecule has 2 saturated heterocycles. The predicted molar refractivity (Wildman–Crippen MR) is 96.3 cm³/mol. The number of benzene rings is 1. The Labute approximate surface area is 160 Å². The Morgan fingerprint density at radius 1 is 1.15 bits per heavy atom. The van der Waals surface area contributed by atoms with Gasteiger partial charge in [-0.15, -0.1) is 12.4 Å². The molecule has 2 atom stereocenters. The van der Waals surface area contributed by atoms with Crippen LogP contribution in [-0.2, 0) is 6.18 Å². The Morgan fingerprint density at radius 2 is 1.93 bits per heavy atom. The number of hydrogen-bond acceptors (Lipinski definition) is 3. The van der Waals surface area contributed by atoms with Crippen molar-refractivity contribution >= 4 is 18.3 Å². The van der Waals surface area contributed by atoms with E-state index in [-0.39, 0.29) is 18.3 Å². The third-order valence-electron chi connectivity index (χ3n) is 5.05. The van der Waals surface area contributed by atoms with E-state index < -0.39 is 11.9 Å². The summed E-state index contributed by atoms with van der Waals surface area (Å²) in [6, 6.07) is 8.31. The van der Waals surface area contributed by atoms with Gasteiger partial charge in [0, 0.05) is 36.9 Å². The lowest BCUT2D eigenvalue weighted by Gasteiger charge is -2.24. The van der Waals surface area contributed by atoms with E-state index in [0.717, 1.165) is 30.0 Å². The van der Waals surface area contributed by atoms with E-state index in [9.17, 15) is 18.0 Å². The van der Waals surface area contributed by atoms with Crippen molar-refractivity contribution < 1.29 is 18.0 Å². The number of halogens is 4. The lowest BCUT2D eigenvalue weighted by Crippen LogP contribution is -2.39. The van der Waals surface area contributed by atoms with Gasteiger partial charge in [-0.05, 0) is 43.5 Å². The van der Waals surface area contributed by atoms with Gasteiger partial charge in [-0.1, -0.05) is 6.07 Å². The molecule has 0 saturated carbocycles. The first-order chi connectivity index (χ1) is 12.4. The fourth-order valence-electron chi connectivity index (χ4n) is 3.71. The van der Waals surface area contributed by atoms with Crippen molar-refractivity contribution in [2.75, 3.05) is 13.1 Å². The van der Waals surface area contributed by atoms with Gasteiger partial charge in [0.05, 0.1) is 5.69 Å². The highest BCUT2D eigenvalue weighted by Crippen LogP contribution is 2.28. The molecule has 9 heteroatoms. The molecule has 1 N–H and O–H groups in total. The standard InChI is InChI=1S/C18H19F3N4O.ClH/c19-18(20,21)16-7-9-25(23-16)15-3-1-2-12(10-15)17(26)24-8-6-13-4-5-14(11-24)22-13;/h1-3,7,9-10,13-14,22H,4-6,8,11H2;1H. The number of fused-ring (bicyclic) bond motifs is 2. The van der Waals surface area contributed by atoms with Crippen molar-refractivity contribution in [3.05, 3.63) is 47.8 Å². The van der Waals surface area contributed by atoms with Crippen LogP contribution in [0.5, 0.6) is 0 Å². The molecule has 0 aliphatic carbocycles. The van der Waals surface area contributed by atoms with E-state index in [1.54, 1.807) is 24.3 Å². The second kappa shape index (κ2) is 7.52. The maximum Gasteiger partial charge on any atom is 0.435 e. The van der Waals surface area contributed by atoms with Crippen molar-refractivity contribution in [2.24, 2.45) is 0 Å². The Morgan fingerprint density at radius 3 is 2.67 bits per heavy atom. The first-order valence-corrected chi connectivity index (χ1v) is 8.69. The second-order valence-electron chi connectivity index (χ2n) is 6.87. The number of carbonyl (C=O) groups is 1. The summed E-state index contributed by atoms with van der Waals surface area (Å²) in [4.78, 5) is 14.7. The third-order valence-corrected chi connectivity index (χ3v) is 5.05. The average Bonchev–Trinajstić information content (AvgIpc) is 3.21. The summed E-state index contributed by atoms with van der Waals surface area (Å²) < 4.78 is 39.4. The van der Waals surface area contributed by atoms with Crippen LogP contribution in [0.2, 0.25) is 0 Å². The highest BCUT2D eigenvalue weighted by molar-refractivity contribution is 5.94. The number of amides is 1. The van der Waals surface area contributed by atoms with Gasteiger partial charge in [-0.3, -0.25) is 4.79 Å². The number of nitrogens with one attached hydrogen (secondary N) is 1. The number of aromatic nitrogens is 2. The predicted octanol–water partition coefficient (Wildman–Crippen LogP) is 3.28. The highest BCUT2D eigenvalue weighted by atomic mass is 35.5. The summed E-state index contributed by atoms with van der Waals surface area (Å²) in [6.07, 6.45) is -0.0840. The van der Waals surface area contributed by atoms with Crippen LogP contribution in [0, 0.1) is 0 Å². The third kappa shape index (κ3) is 4.11. The molecule has 2 fully saturated rings. The normalized spacial score (nSPS) is 22.3. The van der Waals surface area contributed by atoms with Crippen LogP contribution in [0.25, 0.3) is 5.69 Å². The molecule has 3 heterocycles. The maximum atomic E-state index is 12.9. The number of rotatable bonds is 2. The minimum absolute atomic E-state index is 0. The molecule has 2 aliphatic rings. The molecule has 1 aromatic carbocycles. The first kappa shape index (κ1) is 19.7. The number of likely N-dealkylation sites (tertiary alicyclic amines) is 1. The Hall–Kier alpha value is -2.06. The Kier molecular flexibility index (Phi) is 5.48. The van der Waals surface area contributed by atoms with E-state index in [0.29, 0.717) is 36.4 Å². The summed E-state index contributed by atoms with van der Waals surface area (Å²) in [5.74, 6) is -0.0931. The van der Waals surface area contributed by atoms with Crippen molar-refractivity contribution in [3.63, 3.8) is 0 Å². The van der Waals surface area contributed by atoms with Crippen LogP contribution < -0.4 is 5.32 Å². The van der Waals surface area contributed by atoms with Crippen LogP contribution in [-0.4, -0.2) is 45.8 Å². The Balaban J connectivity index is 0.00000210. The van der Waals surface area contributed by atoms with E-state index in [1.807, 2.05) is 4.90 Å². The summed E-state index contributed by atoms with van der Waals surface area (Å²) in [7, 11) is 0. The molecule has 0 radical (unpaired) electrons. The zero-order valence-corrected chi connectivity index (χ0v) is 15.3. The molecule has 27 heavy (non-hydrogen) atoms. The monoisotopic (exact) mass is 400 g/mol. The van der Waals surface area contributed by atoms with Crippen LogP contribution in [0.3, 0.4) is 0 Å². The number of nitrogens with zero attached hydrogens (tertiary/aromatic N) is 3. The van der Waals surface area contributed by atoms with Gasteiger partial charge in [0.15, 0.2) is 5.69 Å². The summed E-state index contributed by atoms with van der Waals surface area (Å²) in [5.41, 5.74) is -0.0611. The van der Waals surface area contributed by atoms with Gasteiger partial charge in [-0.2, -0.15) is 18.3 Å². The molecular weight excluding hydrogens is 381 g/mol. The fourth-order valence-corrected chi connectivity index (χ4v) is 3.71. The summed E-state index contributed by atoms with van der Waals surface area (Å²) in [6.45, 7) is 1.36. The largest absolute Gasteiger partial charge is 0.435 e. The van der Waals surface area contributed by atoms with Gasteiger partial charge in [0.25, 0.3) is 5.91 Å². The molecule has 0 spiro atoms. The molecule has 5 nitrogen and oxygen atoms in total. The lowest BCUT2D eigenvalue weighted by molar-refractivity contribution is -0.141. The number of alkyl halides is 3. The van der Waals surface area contributed by atoms with Gasteiger partial charge in [0.1, 0.15) is 0 Å². The van der Waals surface area contributed by atoms with Crippen LogP contribution >= 0.6 is 12.4 Å². The molecule has 4 rings (SSSR count). The number of carbonyl (C=O) groups excluding carboxylic acids is 1. The second-order valence-corrected chi connectivity index (χ2v) is 6.87. The van der Waals surface area contributed by atoms with Crippen molar-refractivity contribution in [1.82, 2.24) is 20.0 Å². The highest BCUT2D eigenvalue weighted by Gasteiger charge is 2.34. The minimum Gasteiger partial charge on any atom is -0.337 e. The molecule has 1 aromatic heterocycles. The van der Waals surface area contributed by atoms with Gasteiger partial charge < -0.3 is 10.2 Å². The molecule has 2 aliphatic heterocycles. The van der Waals surface area contributed by atoms with Crippen LogP contribution in [0.1, 0.15) is 35.3 Å². The summed E-state index contributed by atoms with van der Waals surface area (Å²) in [5, 5.41) is 7.10. The van der Waals surface area contributed by atoms with Gasteiger partial charge in [0.2, 0.25) is 0 Å². The molecule has 2 unspecified atom stereocenters. The smallest absolute Gasteiger partial charge is 0.337 e. The summed E-state index contributed by atoms with van der Waals surface area (Å²) >= 11 is 0. The zero-order chi connectivity index (χ0) is 18.3. The van der Waals surface area contributed by atoms with Crippen molar-refractivity contribution in [2.45, 2.75) is 37.5 Å². The minimum atomic E-state index is -4.49. The van der Waals surface area contributed by atoms with E-state index in [4.69, 9.17) is 0 Å². The number of hydrogen-bond donors (Lipinski definition) is 1. The van der Waals surface area contributed by atoms with Gasteiger partial charge >= 0.3 is 6.18 Å². The van der Waals surface area contributed by atoms with Crippen molar-refractivity contribution in [3.8, 4) is 5.69 Å². The fraction of sp³-hybridized carbons (Fsp3) is 0.444. The molecule has 1 amide bonds. The SMILES string of the molecule is Cl.O=C(c1cccc(-n2ccc(C(F)(F)F)n2)c1)N1CCC2CCC(C1)N2. The molecular formula is C18H20ClF3N4O. The topological polar surface area (TPSA) is 50.2 Å².